The van der Waals surface area contributed by atoms with Gasteiger partial charge in [0.15, 0.2) is 4.34 Å². The van der Waals surface area contributed by atoms with E-state index in [4.69, 9.17) is 0 Å². The largest absolute Gasteiger partial charge is 0.480 e. The van der Waals surface area contributed by atoms with Crippen LogP contribution < -0.4 is 4.90 Å². The summed E-state index contributed by atoms with van der Waals surface area (Å²) >= 11 is 2.83. The predicted molar refractivity (Wildman–Crippen MR) is 130 cm³/mol. The van der Waals surface area contributed by atoms with Gasteiger partial charge in [-0.1, -0.05) is 51.3 Å². The zero-order chi connectivity index (χ0) is 22.7. The number of aliphatic carboxylic acids is 1. The summed E-state index contributed by atoms with van der Waals surface area (Å²) in [4.78, 5) is 27.5. The fourth-order valence-electron chi connectivity index (χ4n) is 3.07. The molecule has 0 aromatic carbocycles. The van der Waals surface area contributed by atoms with E-state index in [-0.39, 0.29) is 0 Å². The molecule has 0 aliphatic carbocycles. The second kappa shape index (κ2) is 13.0. The number of aromatic nitrogens is 3. The number of thiazole rings is 1. The SMILES string of the molecule is CCCCCCCN(CCCc1csc(SC(C)(C)C(=O)O)n1)c1ncc(CC)cn1. The number of unbranched alkanes of at least 4 members (excludes halogenated alkanes) is 4. The van der Waals surface area contributed by atoms with Crippen LogP contribution in [0.1, 0.15) is 77.5 Å². The smallest absolute Gasteiger partial charge is 0.319 e. The van der Waals surface area contributed by atoms with Crippen molar-refractivity contribution in [3.63, 3.8) is 0 Å². The molecule has 8 heteroatoms. The Kier molecular flexibility index (Phi) is 10.7. The summed E-state index contributed by atoms with van der Waals surface area (Å²) in [5, 5.41) is 11.4. The van der Waals surface area contributed by atoms with E-state index >= 15 is 0 Å². The molecule has 1 N–H and O–H groups in total. The van der Waals surface area contributed by atoms with Crippen molar-refractivity contribution < 1.29 is 9.90 Å². The summed E-state index contributed by atoms with van der Waals surface area (Å²) in [7, 11) is 0. The molecular formula is C23H36N4O2S2. The van der Waals surface area contributed by atoms with Gasteiger partial charge < -0.3 is 10.0 Å². The minimum Gasteiger partial charge on any atom is -0.480 e. The van der Waals surface area contributed by atoms with Crippen molar-refractivity contribution in [1.29, 1.82) is 0 Å². The maximum Gasteiger partial charge on any atom is 0.319 e. The molecule has 0 amide bonds. The lowest BCUT2D eigenvalue weighted by Crippen LogP contribution is -2.28. The molecule has 0 aliphatic heterocycles. The second-order valence-corrected chi connectivity index (χ2v) is 11.0. The molecule has 2 aromatic heterocycles. The Morgan fingerprint density at radius 2 is 1.77 bits per heavy atom. The number of thioether (sulfide) groups is 1. The lowest BCUT2D eigenvalue weighted by atomic mass is 10.1. The maximum atomic E-state index is 11.3. The standard InChI is InChI=1S/C23H36N4O2S2/c1-5-7-8-9-10-13-27(21-24-15-18(6-2)16-25-21)14-11-12-19-17-30-22(26-19)31-23(3,4)20(28)29/h15-17H,5-14H2,1-4H3,(H,28,29). The molecule has 0 fully saturated rings. The van der Waals surface area contributed by atoms with Crippen molar-refractivity contribution in [2.24, 2.45) is 0 Å². The number of anilines is 1. The van der Waals surface area contributed by atoms with E-state index in [1.165, 1.54) is 48.8 Å². The van der Waals surface area contributed by atoms with Crippen molar-refractivity contribution in [2.45, 2.75) is 88.1 Å². The quantitative estimate of drug-likeness (QED) is 0.261. The Labute approximate surface area is 194 Å². The van der Waals surface area contributed by atoms with Crippen LogP contribution in [0.3, 0.4) is 0 Å². The van der Waals surface area contributed by atoms with Gasteiger partial charge in [0.25, 0.3) is 0 Å². The minimum absolute atomic E-state index is 0.811. The van der Waals surface area contributed by atoms with Crippen LogP contribution in [-0.4, -0.2) is 43.9 Å². The normalized spacial score (nSPS) is 11.6. The summed E-state index contributed by atoms with van der Waals surface area (Å²) in [6.45, 7) is 9.63. The molecule has 31 heavy (non-hydrogen) atoms. The first kappa shape index (κ1) is 25.6. The molecule has 0 saturated heterocycles. The monoisotopic (exact) mass is 464 g/mol. The van der Waals surface area contributed by atoms with Gasteiger partial charge in [-0.2, -0.15) is 0 Å². The van der Waals surface area contributed by atoms with Gasteiger partial charge in [0.05, 0.1) is 5.69 Å². The molecule has 0 bridgehead atoms. The van der Waals surface area contributed by atoms with Gasteiger partial charge in [0.2, 0.25) is 5.95 Å². The fraction of sp³-hybridized carbons (Fsp3) is 0.652. The van der Waals surface area contributed by atoms with Gasteiger partial charge in [-0.3, -0.25) is 4.79 Å². The molecule has 2 aromatic rings. The third kappa shape index (κ3) is 8.77. The summed E-state index contributed by atoms with van der Waals surface area (Å²) in [6.07, 6.45) is 12.9. The predicted octanol–water partition coefficient (Wildman–Crippen LogP) is 5.86. The number of nitrogens with zero attached hydrogens (tertiary/aromatic N) is 4. The van der Waals surface area contributed by atoms with E-state index in [0.717, 1.165) is 60.3 Å². The van der Waals surface area contributed by atoms with Crippen LogP contribution in [0.4, 0.5) is 5.95 Å². The molecule has 0 radical (unpaired) electrons. The summed E-state index contributed by atoms with van der Waals surface area (Å²) < 4.78 is -0.0558. The molecule has 2 rings (SSSR count). The Bertz CT molecular complexity index is 793. The van der Waals surface area contributed by atoms with Crippen molar-refractivity contribution in [1.82, 2.24) is 15.0 Å². The van der Waals surface area contributed by atoms with Crippen LogP contribution in [-0.2, 0) is 17.6 Å². The van der Waals surface area contributed by atoms with Gasteiger partial charge in [-0.05, 0) is 45.1 Å². The Balaban J connectivity index is 1.91. The molecule has 0 atom stereocenters. The Hall–Kier alpha value is -1.67. The third-order valence-electron chi connectivity index (χ3n) is 5.16. The molecule has 0 saturated carbocycles. The average Bonchev–Trinajstić information content (AvgIpc) is 3.18. The van der Waals surface area contributed by atoms with Crippen LogP contribution >= 0.6 is 23.1 Å². The molecule has 6 nitrogen and oxygen atoms in total. The molecule has 0 unspecified atom stereocenters. The highest BCUT2D eigenvalue weighted by Gasteiger charge is 2.29. The highest BCUT2D eigenvalue weighted by Crippen LogP contribution is 2.34. The molecule has 0 aliphatic rings. The van der Waals surface area contributed by atoms with Crippen LogP contribution in [0.15, 0.2) is 22.1 Å². The summed E-state index contributed by atoms with van der Waals surface area (Å²) in [6, 6.07) is 0. The van der Waals surface area contributed by atoms with Crippen molar-refractivity contribution in [3.8, 4) is 0 Å². The highest BCUT2D eigenvalue weighted by molar-refractivity contribution is 8.02. The van der Waals surface area contributed by atoms with E-state index in [9.17, 15) is 9.90 Å². The zero-order valence-corrected chi connectivity index (χ0v) is 20.9. The number of aryl methyl sites for hydroxylation is 2. The number of hydrogen-bond donors (Lipinski definition) is 1. The minimum atomic E-state index is -0.869. The van der Waals surface area contributed by atoms with Crippen LogP contribution in [0.5, 0.6) is 0 Å². The van der Waals surface area contributed by atoms with Crippen molar-refractivity contribution >= 4 is 35.0 Å². The molecule has 172 valence electrons. The van der Waals surface area contributed by atoms with Gasteiger partial charge in [-0.15, -0.1) is 11.3 Å². The molecule has 0 spiro atoms. The van der Waals surface area contributed by atoms with E-state index in [1.807, 2.05) is 17.8 Å². The van der Waals surface area contributed by atoms with Crippen molar-refractivity contribution in [2.75, 3.05) is 18.0 Å². The maximum absolute atomic E-state index is 11.3. The van der Waals surface area contributed by atoms with Crippen LogP contribution in [0.25, 0.3) is 0 Å². The fourth-order valence-corrected chi connectivity index (χ4v) is 5.30. The molecule has 2 heterocycles. The van der Waals surface area contributed by atoms with Crippen molar-refractivity contribution in [3.05, 3.63) is 29.0 Å². The first-order chi connectivity index (χ1) is 14.9. The van der Waals surface area contributed by atoms with Gasteiger partial charge in [-0.25, -0.2) is 15.0 Å². The highest BCUT2D eigenvalue weighted by atomic mass is 32.2. The zero-order valence-electron chi connectivity index (χ0n) is 19.3. The van der Waals surface area contributed by atoms with E-state index in [2.05, 4.69) is 33.7 Å². The second-order valence-electron chi connectivity index (χ2n) is 8.27. The van der Waals surface area contributed by atoms with Gasteiger partial charge in [0, 0.05) is 30.9 Å². The molecular weight excluding hydrogens is 428 g/mol. The van der Waals surface area contributed by atoms with E-state index < -0.39 is 10.7 Å². The number of rotatable bonds is 15. The lowest BCUT2D eigenvalue weighted by Gasteiger charge is -2.22. The van der Waals surface area contributed by atoms with E-state index in [0.29, 0.717) is 0 Å². The average molecular weight is 465 g/mol. The Morgan fingerprint density at radius 1 is 1.10 bits per heavy atom. The number of carboxylic acids is 1. The third-order valence-corrected chi connectivity index (χ3v) is 7.34. The van der Waals surface area contributed by atoms with Gasteiger partial charge in [0.1, 0.15) is 4.75 Å². The van der Waals surface area contributed by atoms with Crippen LogP contribution in [0.2, 0.25) is 0 Å². The number of hydrogen-bond acceptors (Lipinski definition) is 7. The summed E-state index contributed by atoms with van der Waals surface area (Å²) in [5.41, 5.74) is 2.18. The van der Waals surface area contributed by atoms with E-state index in [1.54, 1.807) is 13.8 Å². The number of carboxylic acid groups (broad SMARTS) is 1. The first-order valence-electron chi connectivity index (χ1n) is 11.3. The lowest BCUT2D eigenvalue weighted by molar-refractivity contribution is -0.138. The topological polar surface area (TPSA) is 79.2 Å². The first-order valence-corrected chi connectivity index (χ1v) is 13.0. The summed E-state index contributed by atoms with van der Waals surface area (Å²) in [5.74, 6) is -0.0108. The Morgan fingerprint density at radius 3 is 2.42 bits per heavy atom. The number of carbonyl (C=O) groups is 1. The van der Waals surface area contributed by atoms with Crippen LogP contribution in [0, 0.1) is 0 Å². The van der Waals surface area contributed by atoms with Gasteiger partial charge >= 0.3 is 5.97 Å².